The number of hydrogen-bond acceptors (Lipinski definition) is 2. The van der Waals surface area contributed by atoms with E-state index in [1.165, 1.54) is 0 Å². The quantitative estimate of drug-likeness (QED) is 0.642. The lowest BCUT2D eigenvalue weighted by Crippen LogP contribution is -2.30. The van der Waals surface area contributed by atoms with Crippen LogP contribution in [0.2, 0.25) is 0 Å². The molecule has 0 bridgehead atoms. The van der Waals surface area contributed by atoms with Gasteiger partial charge >= 0.3 is 0 Å². The Labute approximate surface area is 70.1 Å². The summed E-state index contributed by atoms with van der Waals surface area (Å²) in [5, 5.41) is 8.75. The first kappa shape index (κ1) is 9.40. The van der Waals surface area contributed by atoms with Crippen molar-refractivity contribution in [1.29, 1.82) is 5.26 Å². The Kier molecular flexibility index (Phi) is 2.99. The van der Waals surface area contributed by atoms with Gasteiger partial charge in [0.25, 0.3) is 0 Å². The normalized spacial score (nSPS) is 22.2. The first-order valence-corrected chi connectivity index (χ1v) is 3.96. The van der Waals surface area contributed by atoms with Gasteiger partial charge in [-0.15, -0.1) is 0 Å². The van der Waals surface area contributed by atoms with Crippen LogP contribution in [0.15, 0.2) is 0 Å². The Morgan fingerprint density at radius 1 is 1.42 bits per heavy atom. The van der Waals surface area contributed by atoms with E-state index in [-0.39, 0.29) is 6.42 Å². The fraction of sp³-hybridized carbons (Fsp3) is 0.875. The molecule has 4 heteroatoms. The van der Waals surface area contributed by atoms with E-state index in [2.05, 4.69) is 0 Å². The second-order valence-electron chi connectivity index (χ2n) is 3.10. The zero-order valence-electron chi connectivity index (χ0n) is 6.72. The molecular formula is C8H11F2NO. The molecule has 0 spiro atoms. The van der Waals surface area contributed by atoms with E-state index in [1.54, 1.807) is 0 Å². The third-order valence-electron chi connectivity index (χ3n) is 2.23. The van der Waals surface area contributed by atoms with Gasteiger partial charge in [0.1, 0.15) is 0 Å². The largest absolute Gasteiger partial charge is 0.381 e. The van der Waals surface area contributed by atoms with Crippen LogP contribution in [0.1, 0.15) is 19.3 Å². The van der Waals surface area contributed by atoms with E-state index in [9.17, 15) is 8.78 Å². The predicted octanol–water partition coefficient (Wildman–Crippen LogP) is 1.96. The number of alkyl halides is 2. The Morgan fingerprint density at radius 3 is 2.42 bits per heavy atom. The highest BCUT2D eigenvalue weighted by Crippen LogP contribution is 2.35. The zero-order chi connectivity index (χ0) is 9.03. The van der Waals surface area contributed by atoms with Crippen molar-refractivity contribution >= 4 is 0 Å². The molecule has 0 saturated carbocycles. The van der Waals surface area contributed by atoms with Gasteiger partial charge < -0.3 is 4.74 Å². The van der Waals surface area contributed by atoms with Gasteiger partial charge in [0.15, 0.2) is 0 Å². The Morgan fingerprint density at radius 2 is 2.00 bits per heavy atom. The molecule has 0 aliphatic carbocycles. The fourth-order valence-electron chi connectivity index (χ4n) is 1.42. The van der Waals surface area contributed by atoms with Crippen molar-refractivity contribution in [3.63, 3.8) is 0 Å². The van der Waals surface area contributed by atoms with Crippen molar-refractivity contribution in [3.05, 3.63) is 0 Å². The highest BCUT2D eigenvalue weighted by molar-refractivity contribution is 5.00. The van der Waals surface area contributed by atoms with E-state index in [1.807, 2.05) is 6.07 Å². The van der Waals surface area contributed by atoms with Crippen molar-refractivity contribution in [1.82, 2.24) is 0 Å². The Balaban J connectivity index is 2.55. The molecule has 1 saturated heterocycles. The minimum absolute atomic E-state index is 0.313. The summed E-state index contributed by atoms with van der Waals surface area (Å²) in [5.74, 6) is 0. The lowest BCUT2D eigenvalue weighted by molar-refractivity contribution is 0.00601. The minimum Gasteiger partial charge on any atom is -0.381 e. The van der Waals surface area contributed by atoms with Gasteiger partial charge in [0, 0.05) is 19.6 Å². The summed E-state index contributed by atoms with van der Waals surface area (Å²) in [5.41, 5.74) is -0.827. The summed E-state index contributed by atoms with van der Waals surface area (Å²) < 4.78 is 29.1. The van der Waals surface area contributed by atoms with Crippen LogP contribution in [0.3, 0.4) is 0 Å². The van der Waals surface area contributed by atoms with Gasteiger partial charge in [-0.1, -0.05) is 0 Å². The van der Waals surface area contributed by atoms with Gasteiger partial charge in [-0.3, -0.25) is 0 Å². The first-order chi connectivity index (χ1) is 5.68. The summed E-state index contributed by atoms with van der Waals surface area (Å²) >= 11 is 0. The molecule has 0 aromatic carbocycles. The topological polar surface area (TPSA) is 33.0 Å². The van der Waals surface area contributed by atoms with Crippen LogP contribution in [0.4, 0.5) is 8.78 Å². The Hall–Kier alpha value is -0.690. The van der Waals surface area contributed by atoms with E-state index in [0.717, 1.165) is 0 Å². The third kappa shape index (κ3) is 2.15. The fourth-order valence-corrected chi connectivity index (χ4v) is 1.42. The van der Waals surface area contributed by atoms with E-state index >= 15 is 0 Å². The molecule has 0 aromatic heterocycles. The van der Waals surface area contributed by atoms with Crippen molar-refractivity contribution in [2.24, 2.45) is 5.41 Å². The smallest absolute Gasteiger partial charge is 0.240 e. The summed E-state index contributed by atoms with van der Waals surface area (Å²) in [6.07, 6.45) is -1.82. The van der Waals surface area contributed by atoms with Crippen LogP contribution >= 0.6 is 0 Å². The average Bonchev–Trinajstić information content (AvgIpc) is 2.05. The Bertz CT molecular complexity index is 182. The number of halogens is 2. The summed E-state index contributed by atoms with van der Waals surface area (Å²) in [4.78, 5) is 0. The highest BCUT2D eigenvalue weighted by atomic mass is 19.3. The molecular weight excluding hydrogens is 164 g/mol. The molecule has 1 rings (SSSR count). The average molecular weight is 175 g/mol. The van der Waals surface area contributed by atoms with Crippen LogP contribution < -0.4 is 0 Å². The van der Waals surface area contributed by atoms with Crippen LogP contribution in [0.25, 0.3) is 0 Å². The lowest BCUT2D eigenvalue weighted by atomic mass is 9.79. The maximum Gasteiger partial charge on any atom is 0.240 e. The number of hydrogen-bond donors (Lipinski definition) is 0. The molecule has 1 fully saturated rings. The van der Waals surface area contributed by atoms with Crippen LogP contribution in [-0.4, -0.2) is 19.6 Å². The summed E-state index contributed by atoms with van der Waals surface area (Å²) in [6.45, 7) is 0.862. The van der Waals surface area contributed by atoms with Crippen LogP contribution in [0.5, 0.6) is 0 Å². The van der Waals surface area contributed by atoms with Gasteiger partial charge in [-0.25, -0.2) is 8.78 Å². The van der Waals surface area contributed by atoms with Gasteiger partial charge in [-0.2, -0.15) is 5.26 Å². The molecule has 0 N–H and O–H groups in total. The van der Waals surface area contributed by atoms with Crippen LogP contribution in [-0.2, 0) is 4.74 Å². The molecule has 68 valence electrons. The minimum atomic E-state index is -2.39. The second-order valence-corrected chi connectivity index (χ2v) is 3.10. The van der Waals surface area contributed by atoms with E-state index in [4.69, 9.17) is 10.00 Å². The predicted molar refractivity (Wildman–Crippen MR) is 38.7 cm³/mol. The first-order valence-electron chi connectivity index (χ1n) is 3.96. The number of nitriles is 1. The molecule has 1 aliphatic heterocycles. The molecule has 0 radical (unpaired) electrons. The number of ether oxygens (including phenoxy) is 1. The van der Waals surface area contributed by atoms with Gasteiger partial charge in [0.2, 0.25) is 6.43 Å². The molecule has 0 amide bonds. The lowest BCUT2D eigenvalue weighted by Gasteiger charge is -2.29. The molecule has 0 unspecified atom stereocenters. The monoisotopic (exact) mass is 175 g/mol. The standard InChI is InChI=1S/C8H11F2NO/c9-7(10)5-8(6-11)1-3-12-4-2-8/h7H,1-5H2. The molecule has 0 atom stereocenters. The van der Waals surface area contributed by atoms with Crippen molar-refractivity contribution in [2.45, 2.75) is 25.7 Å². The summed E-state index contributed by atoms with van der Waals surface area (Å²) in [7, 11) is 0. The molecule has 2 nitrogen and oxygen atoms in total. The number of rotatable bonds is 2. The van der Waals surface area contributed by atoms with Crippen molar-refractivity contribution in [2.75, 3.05) is 13.2 Å². The van der Waals surface area contributed by atoms with E-state index in [0.29, 0.717) is 26.1 Å². The van der Waals surface area contributed by atoms with Crippen molar-refractivity contribution < 1.29 is 13.5 Å². The SMILES string of the molecule is N#CC1(CC(F)F)CCOCC1. The maximum atomic E-state index is 12.1. The second kappa shape index (κ2) is 3.81. The molecule has 12 heavy (non-hydrogen) atoms. The molecule has 0 aromatic rings. The van der Waals surface area contributed by atoms with Gasteiger partial charge in [0.05, 0.1) is 11.5 Å². The zero-order valence-corrected chi connectivity index (χ0v) is 6.72. The molecule has 1 heterocycles. The van der Waals surface area contributed by atoms with Crippen molar-refractivity contribution in [3.8, 4) is 6.07 Å². The summed E-state index contributed by atoms with van der Waals surface area (Å²) in [6, 6.07) is 1.99. The van der Waals surface area contributed by atoms with Crippen LogP contribution in [0, 0.1) is 16.7 Å². The van der Waals surface area contributed by atoms with E-state index < -0.39 is 11.8 Å². The highest BCUT2D eigenvalue weighted by Gasteiger charge is 2.35. The third-order valence-corrected chi connectivity index (χ3v) is 2.23. The van der Waals surface area contributed by atoms with Gasteiger partial charge in [-0.05, 0) is 12.8 Å². The maximum absolute atomic E-state index is 12.1. The number of nitrogens with zero attached hydrogens (tertiary/aromatic N) is 1. The molecule has 1 aliphatic rings.